The maximum atomic E-state index is 12.4. The van der Waals surface area contributed by atoms with Crippen molar-refractivity contribution in [2.75, 3.05) is 18.9 Å². The number of carbonyl (C=O) groups is 1. The summed E-state index contributed by atoms with van der Waals surface area (Å²) in [5.41, 5.74) is 1.42. The van der Waals surface area contributed by atoms with Crippen molar-refractivity contribution in [3.63, 3.8) is 0 Å². The molecular weight excluding hydrogens is 424 g/mol. The first kappa shape index (κ1) is 18.4. The van der Waals surface area contributed by atoms with Gasteiger partial charge >= 0.3 is 0 Å². The largest absolute Gasteiger partial charge is 0.324 e. The summed E-state index contributed by atoms with van der Waals surface area (Å²) in [6, 6.07) is 8.36. The minimum Gasteiger partial charge on any atom is -0.324 e. The molecule has 0 saturated heterocycles. The van der Waals surface area contributed by atoms with Crippen LogP contribution in [0.1, 0.15) is 5.56 Å². The molecule has 23 heavy (non-hydrogen) atoms. The molecule has 1 amide bonds. The summed E-state index contributed by atoms with van der Waals surface area (Å²) in [6.45, 7) is 1.58. The van der Waals surface area contributed by atoms with Crippen LogP contribution in [-0.2, 0) is 14.8 Å². The standard InChI is InChI=1S/C14H14BrClN2O3S2/c1-9-3-4-11(10(16)7-9)17-13(19)8-18(2)23(20,21)14-6-5-12(15)22-14/h3-7H,8H2,1-2H3,(H,17,19). The molecule has 0 bridgehead atoms. The number of hydrogen-bond donors (Lipinski definition) is 1. The normalized spacial score (nSPS) is 11.7. The van der Waals surface area contributed by atoms with Gasteiger partial charge in [0.15, 0.2) is 0 Å². The summed E-state index contributed by atoms with van der Waals surface area (Å²) in [4.78, 5) is 12.1. The fraction of sp³-hybridized carbons (Fsp3) is 0.214. The van der Waals surface area contributed by atoms with Crippen LogP contribution < -0.4 is 5.32 Å². The Balaban J connectivity index is 2.07. The van der Waals surface area contributed by atoms with E-state index in [-0.39, 0.29) is 10.8 Å². The van der Waals surface area contributed by atoms with Gasteiger partial charge in [-0.05, 0) is 52.7 Å². The smallest absolute Gasteiger partial charge is 0.252 e. The number of carbonyl (C=O) groups excluding carboxylic acids is 1. The van der Waals surface area contributed by atoms with E-state index >= 15 is 0 Å². The lowest BCUT2D eigenvalue weighted by Gasteiger charge is -2.16. The first-order valence-electron chi connectivity index (χ1n) is 6.48. The molecule has 2 rings (SSSR count). The van der Waals surface area contributed by atoms with Gasteiger partial charge in [0.05, 0.1) is 21.0 Å². The van der Waals surface area contributed by atoms with E-state index in [1.165, 1.54) is 13.1 Å². The van der Waals surface area contributed by atoms with Crippen molar-refractivity contribution in [2.24, 2.45) is 0 Å². The second kappa shape index (κ2) is 7.31. The van der Waals surface area contributed by atoms with E-state index in [9.17, 15) is 13.2 Å². The number of nitrogens with zero attached hydrogens (tertiary/aromatic N) is 1. The Bertz CT molecular complexity index is 836. The van der Waals surface area contributed by atoms with Crippen molar-refractivity contribution in [2.45, 2.75) is 11.1 Å². The first-order chi connectivity index (χ1) is 10.7. The van der Waals surface area contributed by atoms with Crippen molar-refractivity contribution in [3.05, 3.63) is 44.7 Å². The molecule has 1 aromatic carbocycles. The van der Waals surface area contributed by atoms with Gasteiger partial charge in [-0.1, -0.05) is 17.7 Å². The fourth-order valence-electron chi connectivity index (χ4n) is 1.79. The number of likely N-dealkylation sites (N-methyl/N-ethyl adjacent to an activating group) is 1. The Morgan fingerprint density at radius 1 is 1.35 bits per heavy atom. The summed E-state index contributed by atoms with van der Waals surface area (Å²) in [5.74, 6) is -0.461. The number of hydrogen-bond acceptors (Lipinski definition) is 4. The number of rotatable bonds is 5. The third-order valence-electron chi connectivity index (χ3n) is 2.98. The highest BCUT2D eigenvalue weighted by Crippen LogP contribution is 2.28. The highest BCUT2D eigenvalue weighted by Gasteiger charge is 2.24. The number of anilines is 1. The molecule has 1 N–H and O–H groups in total. The van der Waals surface area contributed by atoms with Gasteiger partial charge in [0.1, 0.15) is 4.21 Å². The van der Waals surface area contributed by atoms with E-state index in [2.05, 4.69) is 21.2 Å². The number of amides is 1. The van der Waals surface area contributed by atoms with E-state index in [0.717, 1.165) is 21.2 Å². The van der Waals surface area contributed by atoms with Crippen LogP contribution in [0.3, 0.4) is 0 Å². The molecule has 0 radical (unpaired) electrons. The number of thiophene rings is 1. The molecule has 0 aliphatic carbocycles. The molecule has 5 nitrogen and oxygen atoms in total. The Morgan fingerprint density at radius 2 is 2.04 bits per heavy atom. The van der Waals surface area contributed by atoms with Crippen molar-refractivity contribution in [3.8, 4) is 0 Å². The molecule has 0 aliphatic rings. The zero-order chi connectivity index (χ0) is 17.2. The number of aryl methyl sites for hydroxylation is 1. The number of benzene rings is 1. The van der Waals surface area contributed by atoms with Crippen LogP contribution in [0.15, 0.2) is 38.3 Å². The minimum absolute atomic E-state index is 0.174. The Hall–Kier alpha value is -0.930. The maximum absolute atomic E-state index is 12.4. The lowest BCUT2D eigenvalue weighted by Crippen LogP contribution is -2.34. The second-order valence-electron chi connectivity index (χ2n) is 4.85. The van der Waals surface area contributed by atoms with Gasteiger partial charge < -0.3 is 5.32 Å². The van der Waals surface area contributed by atoms with Crippen LogP contribution in [0.4, 0.5) is 5.69 Å². The van der Waals surface area contributed by atoms with E-state index in [4.69, 9.17) is 11.6 Å². The third kappa shape index (κ3) is 4.54. The van der Waals surface area contributed by atoms with Crippen LogP contribution in [0.25, 0.3) is 0 Å². The minimum atomic E-state index is -3.69. The summed E-state index contributed by atoms with van der Waals surface area (Å²) in [6.07, 6.45) is 0. The molecule has 124 valence electrons. The first-order valence-corrected chi connectivity index (χ1v) is 9.90. The predicted molar refractivity (Wildman–Crippen MR) is 96.7 cm³/mol. The van der Waals surface area contributed by atoms with E-state index in [0.29, 0.717) is 14.5 Å². The predicted octanol–water partition coefficient (Wildman–Crippen LogP) is 3.73. The van der Waals surface area contributed by atoms with Gasteiger partial charge in [-0.25, -0.2) is 8.42 Å². The molecule has 0 fully saturated rings. The third-order valence-corrected chi connectivity index (χ3v) is 7.19. The number of sulfonamides is 1. The van der Waals surface area contributed by atoms with E-state index in [1.54, 1.807) is 18.2 Å². The van der Waals surface area contributed by atoms with Crippen molar-refractivity contribution in [1.82, 2.24) is 4.31 Å². The van der Waals surface area contributed by atoms with Gasteiger partial charge in [-0.15, -0.1) is 11.3 Å². The lowest BCUT2D eigenvalue weighted by atomic mass is 10.2. The summed E-state index contributed by atoms with van der Waals surface area (Å²) in [5, 5.41) is 3.02. The van der Waals surface area contributed by atoms with Gasteiger partial charge in [0, 0.05) is 7.05 Å². The number of halogens is 2. The average molecular weight is 438 g/mol. The van der Waals surface area contributed by atoms with Crippen LogP contribution in [0.5, 0.6) is 0 Å². The Morgan fingerprint density at radius 3 is 2.61 bits per heavy atom. The van der Waals surface area contributed by atoms with Crippen LogP contribution in [-0.4, -0.2) is 32.2 Å². The van der Waals surface area contributed by atoms with Crippen molar-refractivity contribution >= 4 is 60.5 Å². The average Bonchev–Trinajstić information content (AvgIpc) is 2.89. The lowest BCUT2D eigenvalue weighted by molar-refractivity contribution is -0.116. The Labute approximate surface area is 152 Å². The molecular formula is C14H14BrClN2O3S2. The summed E-state index contributed by atoms with van der Waals surface area (Å²) in [7, 11) is -2.33. The summed E-state index contributed by atoms with van der Waals surface area (Å²) < 4.78 is 26.6. The SMILES string of the molecule is Cc1ccc(NC(=O)CN(C)S(=O)(=O)c2ccc(Br)s2)c(Cl)c1. The van der Waals surface area contributed by atoms with Gasteiger partial charge in [0.2, 0.25) is 5.91 Å². The zero-order valence-corrected chi connectivity index (χ0v) is 16.3. The highest BCUT2D eigenvalue weighted by molar-refractivity contribution is 9.11. The molecule has 1 heterocycles. The van der Waals surface area contributed by atoms with Crippen molar-refractivity contribution in [1.29, 1.82) is 0 Å². The monoisotopic (exact) mass is 436 g/mol. The molecule has 1 aromatic heterocycles. The number of nitrogens with one attached hydrogen (secondary N) is 1. The summed E-state index contributed by atoms with van der Waals surface area (Å²) >= 11 is 10.4. The van der Waals surface area contributed by atoms with E-state index in [1.807, 2.05) is 13.0 Å². The maximum Gasteiger partial charge on any atom is 0.252 e. The van der Waals surface area contributed by atoms with Gasteiger partial charge in [0.25, 0.3) is 10.0 Å². The zero-order valence-electron chi connectivity index (χ0n) is 12.3. The molecule has 0 saturated carbocycles. The highest BCUT2D eigenvalue weighted by atomic mass is 79.9. The van der Waals surface area contributed by atoms with Crippen LogP contribution in [0.2, 0.25) is 5.02 Å². The van der Waals surface area contributed by atoms with E-state index < -0.39 is 15.9 Å². The molecule has 0 atom stereocenters. The topological polar surface area (TPSA) is 66.5 Å². The quantitative estimate of drug-likeness (QED) is 0.775. The molecule has 9 heteroatoms. The van der Waals surface area contributed by atoms with Crippen LogP contribution >= 0.6 is 38.9 Å². The molecule has 0 spiro atoms. The second-order valence-corrected chi connectivity index (χ2v) is 9.99. The molecule has 2 aromatic rings. The van der Waals surface area contributed by atoms with Gasteiger partial charge in [-0.3, -0.25) is 4.79 Å². The van der Waals surface area contributed by atoms with Crippen LogP contribution in [0, 0.1) is 6.92 Å². The molecule has 0 aliphatic heterocycles. The Kier molecular flexibility index (Phi) is 5.85. The van der Waals surface area contributed by atoms with Crippen molar-refractivity contribution < 1.29 is 13.2 Å². The molecule has 0 unspecified atom stereocenters. The van der Waals surface area contributed by atoms with Gasteiger partial charge in [-0.2, -0.15) is 4.31 Å². The fourth-order valence-corrected chi connectivity index (χ4v) is 5.42.